The number of nitrogens with two attached hydrogens (primary N) is 1. The average molecular weight is 374 g/mol. The summed E-state index contributed by atoms with van der Waals surface area (Å²) in [6.07, 6.45) is 2.21. The summed E-state index contributed by atoms with van der Waals surface area (Å²) >= 11 is 6.71. The number of H-pyrrole nitrogens is 1. The van der Waals surface area contributed by atoms with Gasteiger partial charge in [-0.25, -0.2) is 4.98 Å². The van der Waals surface area contributed by atoms with E-state index in [-0.39, 0.29) is 5.56 Å². The number of hydrogen-bond donors (Lipinski definition) is 2. The molecule has 2 heterocycles. The zero-order chi connectivity index (χ0) is 13.1. The third-order valence-corrected chi connectivity index (χ3v) is 3.27. The third-order valence-electron chi connectivity index (χ3n) is 2.23. The van der Waals surface area contributed by atoms with Gasteiger partial charge in [-0.3, -0.25) is 9.78 Å². The quantitative estimate of drug-likeness (QED) is 0.859. The molecule has 2 aromatic heterocycles. The van der Waals surface area contributed by atoms with Gasteiger partial charge >= 0.3 is 0 Å². The Balaban J connectivity index is 2.53. The SMILES string of the molecule is NCCc1cc(=O)[nH]c(-c2ncc(Br)cc2Br)n1. The van der Waals surface area contributed by atoms with E-state index < -0.39 is 0 Å². The van der Waals surface area contributed by atoms with Crippen LogP contribution in [-0.4, -0.2) is 21.5 Å². The number of hydrogen-bond acceptors (Lipinski definition) is 4. The first-order chi connectivity index (χ1) is 8.60. The van der Waals surface area contributed by atoms with E-state index in [0.29, 0.717) is 30.2 Å². The van der Waals surface area contributed by atoms with Gasteiger partial charge in [-0.2, -0.15) is 0 Å². The second-order valence-corrected chi connectivity index (χ2v) is 5.38. The highest BCUT2D eigenvalue weighted by atomic mass is 79.9. The molecule has 7 heteroatoms. The molecule has 0 aromatic carbocycles. The average Bonchev–Trinajstić information content (AvgIpc) is 2.28. The van der Waals surface area contributed by atoms with Crippen molar-refractivity contribution in [2.45, 2.75) is 6.42 Å². The van der Waals surface area contributed by atoms with E-state index in [9.17, 15) is 4.79 Å². The van der Waals surface area contributed by atoms with Gasteiger partial charge in [0.25, 0.3) is 5.56 Å². The van der Waals surface area contributed by atoms with Crippen molar-refractivity contribution < 1.29 is 0 Å². The summed E-state index contributed by atoms with van der Waals surface area (Å²) in [7, 11) is 0. The lowest BCUT2D eigenvalue weighted by Gasteiger charge is -2.05. The lowest BCUT2D eigenvalue weighted by molar-refractivity contribution is 0.903. The Bertz CT molecular complexity index is 627. The van der Waals surface area contributed by atoms with Crippen LogP contribution in [0.5, 0.6) is 0 Å². The van der Waals surface area contributed by atoms with Crippen LogP contribution in [0.3, 0.4) is 0 Å². The zero-order valence-electron chi connectivity index (χ0n) is 9.28. The van der Waals surface area contributed by atoms with Crippen molar-refractivity contribution >= 4 is 31.9 Å². The van der Waals surface area contributed by atoms with Crippen molar-refractivity contribution in [1.82, 2.24) is 15.0 Å². The summed E-state index contributed by atoms with van der Waals surface area (Å²) in [5, 5.41) is 0. The Labute approximate surface area is 120 Å². The minimum Gasteiger partial charge on any atom is -0.330 e. The van der Waals surface area contributed by atoms with Crippen LogP contribution in [0.15, 0.2) is 32.1 Å². The number of aromatic amines is 1. The molecular weight excluding hydrogens is 364 g/mol. The number of halogens is 2. The number of pyridine rings is 1. The number of rotatable bonds is 3. The molecule has 0 saturated heterocycles. The predicted octanol–water partition coefficient (Wildman–Crippen LogP) is 1.86. The Kier molecular flexibility index (Phi) is 4.26. The summed E-state index contributed by atoms with van der Waals surface area (Å²) < 4.78 is 1.60. The fourth-order valence-corrected chi connectivity index (χ4v) is 2.66. The van der Waals surface area contributed by atoms with E-state index in [2.05, 4.69) is 46.8 Å². The van der Waals surface area contributed by atoms with Gasteiger partial charge in [0, 0.05) is 33.3 Å². The second kappa shape index (κ2) is 5.73. The fourth-order valence-electron chi connectivity index (χ4n) is 1.48. The summed E-state index contributed by atoms with van der Waals surface area (Å²) in [6, 6.07) is 3.29. The number of nitrogens with one attached hydrogen (secondary N) is 1. The molecule has 94 valence electrons. The van der Waals surface area contributed by atoms with E-state index in [4.69, 9.17) is 5.73 Å². The maximum atomic E-state index is 11.5. The minimum atomic E-state index is -0.208. The zero-order valence-corrected chi connectivity index (χ0v) is 12.5. The molecule has 2 aromatic rings. The Hall–Kier alpha value is -1.05. The van der Waals surface area contributed by atoms with Gasteiger partial charge in [0.2, 0.25) is 0 Å². The van der Waals surface area contributed by atoms with E-state index >= 15 is 0 Å². The lowest BCUT2D eigenvalue weighted by Crippen LogP contribution is -2.13. The molecule has 0 bridgehead atoms. The molecule has 0 unspecified atom stereocenters. The summed E-state index contributed by atoms with van der Waals surface area (Å²) in [5.74, 6) is 0.435. The van der Waals surface area contributed by atoms with Crippen LogP contribution < -0.4 is 11.3 Å². The molecule has 0 saturated carbocycles. The van der Waals surface area contributed by atoms with Crippen molar-refractivity contribution in [2.24, 2.45) is 5.73 Å². The van der Waals surface area contributed by atoms with E-state index in [1.807, 2.05) is 6.07 Å². The van der Waals surface area contributed by atoms with Gasteiger partial charge < -0.3 is 10.7 Å². The van der Waals surface area contributed by atoms with Crippen LogP contribution in [0.4, 0.5) is 0 Å². The van der Waals surface area contributed by atoms with E-state index in [0.717, 1.165) is 8.95 Å². The highest BCUT2D eigenvalue weighted by Crippen LogP contribution is 2.25. The van der Waals surface area contributed by atoms with Gasteiger partial charge in [0.1, 0.15) is 5.69 Å². The van der Waals surface area contributed by atoms with Crippen molar-refractivity contribution in [3.05, 3.63) is 43.3 Å². The van der Waals surface area contributed by atoms with Crippen LogP contribution in [-0.2, 0) is 6.42 Å². The van der Waals surface area contributed by atoms with Crippen molar-refractivity contribution in [2.75, 3.05) is 6.54 Å². The highest BCUT2D eigenvalue weighted by molar-refractivity contribution is 9.11. The molecular formula is C11H10Br2N4O. The van der Waals surface area contributed by atoms with Gasteiger partial charge in [-0.15, -0.1) is 0 Å². The summed E-state index contributed by atoms with van der Waals surface area (Å²) in [5.41, 5.74) is 6.51. The molecule has 0 aliphatic heterocycles. The Morgan fingerprint density at radius 3 is 2.78 bits per heavy atom. The van der Waals surface area contributed by atoms with Gasteiger partial charge in [-0.1, -0.05) is 0 Å². The van der Waals surface area contributed by atoms with Crippen LogP contribution in [0.2, 0.25) is 0 Å². The maximum absolute atomic E-state index is 11.5. The van der Waals surface area contributed by atoms with Gasteiger partial charge in [-0.05, 0) is 44.5 Å². The smallest absolute Gasteiger partial charge is 0.251 e. The standard InChI is InChI=1S/C11H10Br2N4O/c12-6-3-8(13)10(15-5-6)11-16-7(1-2-14)4-9(18)17-11/h3-5H,1-2,14H2,(H,16,17,18). The minimum absolute atomic E-state index is 0.208. The predicted molar refractivity (Wildman–Crippen MR) is 76.2 cm³/mol. The third kappa shape index (κ3) is 3.04. The molecule has 0 aliphatic rings. The fraction of sp³-hybridized carbons (Fsp3) is 0.182. The molecule has 0 amide bonds. The topological polar surface area (TPSA) is 84.7 Å². The largest absolute Gasteiger partial charge is 0.330 e. The molecule has 0 fully saturated rings. The van der Waals surface area contributed by atoms with E-state index in [1.54, 1.807) is 6.20 Å². The molecule has 0 spiro atoms. The molecule has 5 nitrogen and oxygen atoms in total. The Morgan fingerprint density at radius 2 is 2.11 bits per heavy atom. The number of aromatic nitrogens is 3. The second-order valence-electron chi connectivity index (χ2n) is 3.61. The van der Waals surface area contributed by atoms with Gasteiger partial charge in [0.05, 0.1) is 0 Å². The lowest BCUT2D eigenvalue weighted by atomic mass is 10.2. The number of nitrogens with zero attached hydrogens (tertiary/aromatic N) is 2. The molecule has 0 aliphatic carbocycles. The monoisotopic (exact) mass is 372 g/mol. The normalized spacial score (nSPS) is 10.6. The molecule has 0 radical (unpaired) electrons. The summed E-state index contributed by atoms with van der Waals surface area (Å²) in [6.45, 7) is 0.449. The van der Waals surface area contributed by atoms with Crippen molar-refractivity contribution in [3.8, 4) is 11.5 Å². The van der Waals surface area contributed by atoms with Crippen molar-refractivity contribution in [3.63, 3.8) is 0 Å². The highest BCUT2D eigenvalue weighted by Gasteiger charge is 2.09. The first-order valence-electron chi connectivity index (χ1n) is 5.22. The van der Waals surface area contributed by atoms with Crippen LogP contribution in [0.1, 0.15) is 5.69 Å². The van der Waals surface area contributed by atoms with Crippen LogP contribution in [0, 0.1) is 0 Å². The van der Waals surface area contributed by atoms with Crippen LogP contribution >= 0.6 is 31.9 Å². The molecule has 18 heavy (non-hydrogen) atoms. The molecule has 2 rings (SSSR count). The molecule has 0 atom stereocenters. The van der Waals surface area contributed by atoms with Crippen molar-refractivity contribution in [1.29, 1.82) is 0 Å². The van der Waals surface area contributed by atoms with Crippen LogP contribution in [0.25, 0.3) is 11.5 Å². The van der Waals surface area contributed by atoms with Gasteiger partial charge in [0.15, 0.2) is 5.82 Å². The first-order valence-corrected chi connectivity index (χ1v) is 6.80. The maximum Gasteiger partial charge on any atom is 0.251 e. The van der Waals surface area contributed by atoms with E-state index in [1.165, 1.54) is 6.07 Å². The molecule has 3 N–H and O–H groups in total. The Morgan fingerprint density at radius 1 is 1.33 bits per heavy atom. The first kappa shape index (κ1) is 13.4. The summed E-state index contributed by atoms with van der Waals surface area (Å²) in [4.78, 5) is 22.8.